The molecule has 196 valence electrons. The van der Waals surface area contributed by atoms with Crippen molar-refractivity contribution in [3.63, 3.8) is 0 Å². The molecule has 2 saturated heterocycles. The summed E-state index contributed by atoms with van der Waals surface area (Å²) in [5, 5.41) is 3.04. The quantitative estimate of drug-likeness (QED) is 0.627. The molecule has 0 spiro atoms. The Morgan fingerprint density at radius 3 is 2.46 bits per heavy atom. The van der Waals surface area contributed by atoms with Gasteiger partial charge in [-0.15, -0.1) is 0 Å². The lowest BCUT2D eigenvalue weighted by Crippen LogP contribution is -2.55. The number of carbonyl (C=O) groups excluding carboxylic acids is 3. The third-order valence-corrected chi connectivity index (χ3v) is 7.69. The molecule has 3 aliphatic rings. The van der Waals surface area contributed by atoms with E-state index in [4.69, 9.17) is 4.74 Å². The van der Waals surface area contributed by atoms with Gasteiger partial charge >= 0.3 is 0 Å². The minimum absolute atomic E-state index is 0.0694. The van der Waals surface area contributed by atoms with E-state index in [9.17, 15) is 14.4 Å². The number of ether oxygens (including phenoxy) is 1. The lowest BCUT2D eigenvalue weighted by Gasteiger charge is -2.35. The van der Waals surface area contributed by atoms with E-state index in [1.807, 2.05) is 50.2 Å². The minimum atomic E-state index is -0.596. The third-order valence-electron chi connectivity index (χ3n) is 7.69. The summed E-state index contributed by atoms with van der Waals surface area (Å²) in [5.74, 6) is -0.450. The highest BCUT2D eigenvalue weighted by Gasteiger charge is 2.43. The molecule has 2 aromatic carbocycles. The Hall–Kier alpha value is -3.39. The van der Waals surface area contributed by atoms with Gasteiger partial charge in [-0.25, -0.2) is 0 Å². The van der Waals surface area contributed by atoms with Crippen LogP contribution in [0.1, 0.15) is 48.2 Å². The predicted octanol–water partition coefficient (Wildman–Crippen LogP) is 2.81. The molecule has 8 nitrogen and oxygen atoms in total. The standard InChI is InChI=1S/C29H36N4O4/c1-20(2)26(33-19-22-6-3-4-7-24(22)28(33)35)29(36)32-13-5-8-25(32)27(34)30-18-21-9-11-23(12-10-21)31-14-16-37-17-15-31/h3-4,6-7,9-12,20,25-26H,5,8,13-19H2,1-2H3,(H,30,34). The van der Waals surface area contributed by atoms with Crippen LogP contribution in [-0.2, 0) is 27.4 Å². The molecule has 37 heavy (non-hydrogen) atoms. The zero-order valence-corrected chi connectivity index (χ0v) is 21.7. The number of rotatable bonds is 7. The number of nitrogens with zero attached hydrogens (tertiary/aromatic N) is 3. The number of fused-ring (bicyclic) bond motifs is 1. The number of hydrogen-bond acceptors (Lipinski definition) is 5. The molecule has 5 rings (SSSR count). The Morgan fingerprint density at radius 1 is 1.03 bits per heavy atom. The Labute approximate surface area is 218 Å². The molecule has 0 saturated carbocycles. The minimum Gasteiger partial charge on any atom is -0.378 e. The number of likely N-dealkylation sites (tertiary alicyclic amines) is 1. The van der Waals surface area contributed by atoms with Crippen molar-refractivity contribution in [2.45, 2.75) is 51.9 Å². The number of amides is 3. The summed E-state index contributed by atoms with van der Waals surface area (Å²) in [7, 11) is 0. The summed E-state index contributed by atoms with van der Waals surface area (Å²) >= 11 is 0. The number of morpholine rings is 1. The third kappa shape index (κ3) is 5.21. The normalized spacial score (nSPS) is 20.4. The number of carbonyl (C=O) groups is 3. The lowest BCUT2D eigenvalue weighted by atomic mass is 10.0. The van der Waals surface area contributed by atoms with Crippen LogP contribution in [0, 0.1) is 5.92 Å². The molecule has 3 heterocycles. The van der Waals surface area contributed by atoms with Gasteiger partial charge in [-0.1, -0.05) is 44.2 Å². The average Bonchev–Trinajstić information content (AvgIpc) is 3.54. The molecule has 3 amide bonds. The van der Waals surface area contributed by atoms with Crippen LogP contribution in [0.4, 0.5) is 5.69 Å². The Bertz CT molecular complexity index is 1140. The first-order valence-corrected chi connectivity index (χ1v) is 13.3. The van der Waals surface area contributed by atoms with Gasteiger partial charge in [0.1, 0.15) is 12.1 Å². The molecule has 0 aliphatic carbocycles. The Kier molecular flexibility index (Phi) is 7.46. The van der Waals surface area contributed by atoms with Crippen LogP contribution in [0.2, 0.25) is 0 Å². The van der Waals surface area contributed by atoms with Gasteiger partial charge in [-0.3, -0.25) is 14.4 Å². The first kappa shape index (κ1) is 25.3. The SMILES string of the molecule is CC(C)C(C(=O)N1CCCC1C(=O)NCc1ccc(N2CCOCC2)cc1)N1Cc2ccccc2C1=O. The monoisotopic (exact) mass is 504 g/mol. The molecule has 8 heteroatoms. The summed E-state index contributed by atoms with van der Waals surface area (Å²) in [5.41, 5.74) is 3.78. The van der Waals surface area contributed by atoms with Crippen LogP contribution in [0.3, 0.4) is 0 Å². The first-order chi connectivity index (χ1) is 17.9. The van der Waals surface area contributed by atoms with Crippen molar-refractivity contribution in [3.05, 3.63) is 65.2 Å². The summed E-state index contributed by atoms with van der Waals surface area (Å²) in [6.45, 7) is 8.54. The Balaban J connectivity index is 1.22. The van der Waals surface area contributed by atoms with Crippen molar-refractivity contribution in [1.29, 1.82) is 0 Å². The summed E-state index contributed by atoms with van der Waals surface area (Å²) < 4.78 is 5.42. The van der Waals surface area contributed by atoms with Gasteiger partial charge in [-0.05, 0) is 48.1 Å². The van der Waals surface area contributed by atoms with E-state index in [1.165, 1.54) is 0 Å². The summed E-state index contributed by atoms with van der Waals surface area (Å²) in [6.07, 6.45) is 1.41. The fraction of sp³-hybridized carbons (Fsp3) is 0.483. The van der Waals surface area contributed by atoms with Gasteiger partial charge in [0, 0.05) is 44.0 Å². The number of nitrogens with one attached hydrogen (secondary N) is 1. The molecular weight excluding hydrogens is 468 g/mol. The van der Waals surface area contributed by atoms with E-state index in [2.05, 4.69) is 22.3 Å². The molecule has 2 unspecified atom stereocenters. The highest BCUT2D eigenvalue weighted by molar-refractivity contribution is 6.01. The largest absolute Gasteiger partial charge is 0.378 e. The van der Waals surface area contributed by atoms with Crippen LogP contribution in [-0.4, -0.2) is 72.5 Å². The van der Waals surface area contributed by atoms with Crippen molar-refractivity contribution in [3.8, 4) is 0 Å². The highest BCUT2D eigenvalue weighted by atomic mass is 16.5. The van der Waals surface area contributed by atoms with Gasteiger partial charge < -0.3 is 24.8 Å². The van der Waals surface area contributed by atoms with Crippen LogP contribution >= 0.6 is 0 Å². The van der Waals surface area contributed by atoms with E-state index >= 15 is 0 Å². The van der Waals surface area contributed by atoms with Gasteiger partial charge in [-0.2, -0.15) is 0 Å². The maximum Gasteiger partial charge on any atom is 0.255 e. The molecule has 0 radical (unpaired) electrons. The second-order valence-electron chi connectivity index (χ2n) is 10.5. The van der Waals surface area contributed by atoms with E-state index < -0.39 is 12.1 Å². The van der Waals surface area contributed by atoms with E-state index in [1.54, 1.807) is 9.80 Å². The highest BCUT2D eigenvalue weighted by Crippen LogP contribution is 2.30. The predicted molar refractivity (Wildman–Crippen MR) is 141 cm³/mol. The van der Waals surface area contributed by atoms with Crippen molar-refractivity contribution in [2.75, 3.05) is 37.7 Å². The second kappa shape index (κ2) is 10.9. The average molecular weight is 505 g/mol. The molecule has 2 fully saturated rings. The van der Waals surface area contributed by atoms with Crippen LogP contribution in [0.15, 0.2) is 48.5 Å². The fourth-order valence-corrected chi connectivity index (χ4v) is 5.71. The molecule has 2 aromatic rings. The van der Waals surface area contributed by atoms with Gasteiger partial charge in [0.25, 0.3) is 5.91 Å². The maximum absolute atomic E-state index is 13.8. The number of anilines is 1. The van der Waals surface area contributed by atoms with E-state index in [0.717, 1.165) is 49.5 Å². The molecule has 2 atom stereocenters. The van der Waals surface area contributed by atoms with E-state index in [-0.39, 0.29) is 23.6 Å². The molecular formula is C29H36N4O4. The Morgan fingerprint density at radius 2 is 1.76 bits per heavy atom. The van der Waals surface area contributed by atoms with Crippen LogP contribution in [0.5, 0.6) is 0 Å². The molecule has 0 aromatic heterocycles. The number of benzene rings is 2. The summed E-state index contributed by atoms with van der Waals surface area (Å²) in [6, 6.07) is 14.6. The number of hydrogen-bond donors (Lipinski definition) is 1. The topological polar surface area (TPSA) is 82.2 Å². The van der Waals surface area contributed by atoms with Crippen LogP contribution < -0.4 is 10.2 Å². The smallest absolute Gasteiger partial charge is 0.255 e. The van der Waals surface area contributed by atoms with Crippen molar-refractivity contribution < 1.29 is 19.1 Å². The molecule has 3 aliphatic heterocycles. The zero-order valence-electron chi connectivity index (χ0n) is 21.7. The second-order valence-corrected chi connectivity index (χ2v) is 10.5. The van der Waals surface area contributed by atoms with Crippen molar-refractivity contribution in [1.82, 2.24) is 15.1 Å². The van der Waals surface area contributed by atoms with Gasteiger partial charge in [0.05, 0.1) is 13.2 Å². The van der Waals surface area contributed by atoms with Crippen molar-refractivity contribution in [2.24, 2.45) is 5.92 Å². The molecule has 1 N–H and O–H groups in total. The van der Waals surface area contributed by atoms with Crippen molar-refractivity contribution >= 4 is 23.4 Å². The van der Waals surface area contributed by atoms with Gasteiger partial charge in [0.15, 0.2) is 0 Å². The summed E-state index contributed by atoms with van der Waals surface area (Å²) in [4.78, 5) is 45.8. The zero-order chi connectivity index (χ0) is 25.9. The fourth-order valence-electron chi connectivity index (χ4n) is 5.71. The lowest BCUT2D eigenvalue weighted by molar-refractivity contribution is -0.143. The van der Waals surface area contributed by atoms with Crippen LogP contribution in [0.25, 0.3) is 0 Å². The molecule has 0 bridgehead atoms. The van der Waals surface area contributed by atoms with Gasteiger partial charge in [0.2, 0.25) is 11.8 Å². The first-order valence-electron chi connectivity index (χ1n) is 13.3. The maximum atomic E-state index is 13.8. The van der Waals surface area contributed by atoms with E-state index in [0.29, 0.717) is 31.6 Å².